The number of ketones is 1. The molecule has 1 spiro atoms. The lowest BCUT2D eigenvalue weighted by Crippen LogP contribution is -2.26. The highest BCUT2D eigenvalue weighted by Gasteiger charge is 2.45. The number of halogens is 1. The fraction of sp³-hybridized carbons (Fsp3) is 0.143. The first-order chi connectivity index (χ1) is 8.53. The van der Waals surface area contributed by atoms with E-state index in [-0.39, 0.29) is 10.8 Å². The molecule has 1 aliphatic heterocycles. The predicted octanol–water partition coefficient (Wildman–Crippen LogP) is 2.70. The Kier molecular flexibility index (Phi) is 2.22. The molecule has 1 aromatic carbocycles. The quantitative estimate of drug-likeness (QED) is 0.674. The summed E-state index contributed by atoms with van der Waals surface area (Å²) in [5, 5.41) is 0.0829. The Balaban J connectivity index is 2.26. The van der Waals surface area contributed by atoms with Crippen LogP contribution in [-0.4, -0.2) is 11.8 Å². The van der Waals surface area contributed by atoms with E-state index >= 15 is 0 Å². The molecule has 1 aliphatic carbocycles. The van der Waals surface area contributed by atoms with Crippen molar-refractivity contribution in [3.8, 4) is 0 Å². The van der Waals surface area contributed by atoms with Gasteiger partial charge in [-0.15, -0.1) is 0 Å². The van der Waals surface area contributed by atoms with Gasteiger partial charge in [0, 0.05) is 5.56 Å². The molecule has 0 amide bonds. The Morgan fingerprint density at radius 2 is 1.89 bits per heavy atom. The molecule has 0 radical (unpaired) electrons. The van der Waals surface area contributed by atoms with E-state index in [1.54, 1.807) is 31.2 Å². The van der Waals surface area contributed by atoms with Crippen LogP contribution in [0.5, 0.6) is 0 Å². The number of Topliss-reactive ketones (excluding diaryl/α,β-unsaturated/α-hetero) is 1. The van der Waals surface area contributed by atoms with E-state index in [9.17, 15) is 9.59 Å². The van der Waals surface area contributed by atoms with E-state index in [1.807, 2.05) is 6.07 Å². The van der Waals surface area contributed by atoms with Crippen LogP contribution in [0.15, 0.2) is 47.0 Å². The SMILES string of the molecule is CC1=CC2(C=C(Cl)C1=O)OC(=O)c1ccccc12. The molecule has 0 bridgehead atoms. The number of carbonyl (C=O) groups excluding carboxylic acids is 2. The van der Waals surface area contributed by atoms with Crippen molar-refractivity contribution in [1.29, 1.82) is 0 Å². The highest BCUT2D eigenvalue weighted by Crippen LogP contribution is 2.43. The first kappa shape index (κ1) is 11.2. The van der Waals surface area contributed by atoms with Crippen molar-refractivity contribution in [2.24, 2.45) is 0 Å². The molecule has 3 rings (SSSR count). The molecule has 0 saturated carbocycles. The standard InChI is InChI=1S/C14H9ClO3/c1-8-6-14(7-11(15)12(8)16)10-5-3-2-4-9(10)13(17)18-14/h2-7H,1H3. The van der Waals surface area contributed by atoms with E-state index in [0.717, 1.165) is 5.56 Å². The van der Waals surface area contributed by atoms with Gasteiger partial charge in [-0.1, -0.05) is 29.8 Å². The van der Waals surface area contributed by atoms with Crippen LogP contribution in [0.1, 0.15) is 22.8 Å². The summed E-state index contributed by atoms with van der Waals surface area (Å²) in [5.41, 5.74) is 0.687. The Morgan fingerprint density at radius 1 is 1.17 bits per heavy atom. The van der Waals surface area contributed by atoms with Crippen molar-refractivity contribution >= 4 is 23.4 Å². The Hall–Kier alpha value is -1.87. The van der Waals surface area contributed by atoms with Crippen molar-refractivity contribution in [2.75, 3.05) is 0 Å². The summed E-state index contributed by atoms with van der Waals surface area (Å²) in [4.78, 5) is 23.5. The normalized spacial score (nSPS) is 25.7. The first-order valence-corrected chi connectivity index (χ1v) is 5.87. The summed E-state index contributed by atoms with van der Waals surface area (Å²) in [6.45, 7) is 1.66. The Labute approximate surface area is 109 Å². The van der Waals surface area contributed by atoms with Crippen molar-refractivity contribution in [3.63, 3.8) is 0 Å². The third-order valence-corrected chi connectivity index (χ3v) is 3.46. The molecule has 0 saturated heterocycles. The zero-order valence-corrected chi connectivity index (χ0v) is 10.3. The largest absolute Gasteiger partial charge is 0.442 e. The molecule has 0 N–H and O–H groups in total. The van der Waals surface area contributed by atoms with Crippen molar-refractivity contribution in [3.05, 3.63) is 58.1 Å². The van der Waals surface area contributed by atoms with Crippen molar-refractivity contribution in [1.82, 2.24) is 0 Å². The number of ether oxygens (including phenoxy) is 1. The average molecular weight is 261 g/mol. The molecular formula is C14H9ClO3. The molecule has 1 heterocycles. The molecule has 4 heteroatoms. The summed E-state index contributed by atoms with van der Waals surface area (Å²) in [6, 6.07) is 7.10. The van der Waals surface area contributed by atoms with Crippen LogP contribution in [0, 0.1) is 0 Å². The van der Waals surface area contributed by atoms with Crippen LogP contribution in [-0.2, 0) is 15.1 Å². The molecule has 1 aromatic rings. The molecule has 1 atom stereocenters. The van der Waals surface area contributed by atoms with Crippen LogP contribution in [0.25, 0.3) is 0 Å². The van der Waals surface area contributed by atoms with Crippen LogP contribution >= 0.6 is 11.6 Å². The highest BCUT2D eigenvalue weighted by atomic mass is 35.5. The zero-order chi connectivity index (χ0) is 12.9. The summed E-state index contributed by atoms with van der Waals surface area (Å²) in [6.07, 6.45) is 3.14. The lowest BCUT2D eigenvalue weighted by atomic mass is 9.86. The average Bonchev–Trinajstić information content (AvgIpc) is 2.60. The maximum absolute atomic E-state index is 11.8. The monoisotopic (exact) mass is 260 g/mol. The molecule has 1 unspecified atom stereocenters. The minimum Gasteiger partial charge on any atom is -0.442 e. The van der Waals surface area contributed by atoms with Gasteiger partial charge in [0.05, 0.1) is 10.6 Å². The number of carbonyl (C=O) groups is 2. The van der Waals surface area contributed by atoms with Crippen LogP contribution in [0.2, 0.25) is 0 Å². The minimum atomic E-state index is -1.03. The smallest absolute Gasteiger partial charge is 0.340 e. The van der Waals surface area contributed by atoms with Crippen LogP contribution in [0.4, 0.5) is 0 Å². The van der Waals surface area contributed by atoms with Gasteiger partial charge in [0.2, 0.25) is 0 Å². The molecule has 3 nitrogen and oxygen atoms in total. The van der Waals surface area contributed by atoms with Gasteiger partial charge < -0.3 is 4.74 Å². The molecule has 0 aromatic heterocycles. The van der Waals surface area contributed by atoms with Crippen LogP contribution in [0.3, 0.4) is 0 Å². The Bertz CT molecular complexity index is 618. The van der Waals surface area contributed by atoms with Gasteiger partial charge in [0.15, 0.2) is 11.4 Å². The number of hydrogen-bond donors (Lipinski definition) is 0. The lowest BCUT2D eigenvalue weighted by Gasteiger charge is -2.25. The molecule has 0 fully saturated rings. The number of hydrogen-bond acceptors (Lipinski definition) is 3. The first-order valence-electron chi connectivity index (χ1n) is 5.49. The zero-order valence-electron chi connectivity index (χ0n) is 9.57. The topological polar surface area (TPSA) is 43.4 Å². The van der Waals surface area contributed by atoms with Crippen LogP contribution < -0.4 is 0 Å². The molecular weight excluding hydrogens is 252 g/mol. The van der Waals surface area contributed by atoms with Gasteiger partial charge >= 0.3 is 5.97 Å². The van der Waals surface area contributed by atoms with Gasteiger partial charge in [-0.25, -0.2) is 4.79 Å². The van der Waals surface area contributed by atoms with E-state index in [0.29, 0.717) is 11.1 Å². The second kappa shape index (κ2) is 3.56. The maximum atomic E-state index is 11.8. The molecule has 18 heavy (non-hydrogen) atoms. The number of rotatable bonds is 0. The number of benzene rings is 1. The summed E-state index contributed by atoms with van der Waals surface area (Å²) in [5.74, 6) is -0.632. The van der Waals surface area contributed by atoms with Crippen molar-refractivity contribution in [2.45, 2.75) is 12.5 Å². The summed E-state index contributed by atoms with van der Waals surface area (Å²) in [7, 11) is 0. The second-order valence-electron chi connectivity index (χ2n) is 4.38. The Morgan fingerprint density at radius 3 is 2.61 bits per heavy atom. The molecule has 90 valence electrons. The van der Waals surface area contributed by atoms with E-state index in [4.69, 9.17) is 16.3 Å². The number of fused-ring (bicyclic) bond motifs is 2. The van der Waals surface area contributed by atoms with E-state index in [2.05, 4.69) is 0 Å². The van der Waals surface area contributed by atoms with Crippen molar-refractivity contribution < 1.29 is 14.3 Å². The van der Waals surface area contributed by atoms with Gasteiger partial charge in [0.25, 0.3) is 0 Å². The predicted molar refractivity (Wildman–Crippen MR) is 66.2 cm³/mol. The fourth-order valence-electron chi connectivity index (χ4n) is 2.35. The fourth-order valence-corrected chi connectivity index (χ4v) is 2.66. The second-order valence-corrected chi connectivity index (χ2v) is 4.78. The van der Waals surface area contributed by atoms with Gasteiger partial charge in [-0.05, 0) is 30.7 Å². The lowest BCUT2D eigenvalue weighted by molar-refractivity contribution is -0.112. The minimum absolute atomic E-state index is 0.0829. The summed E-state index contributed by atoms with van der Waals surface area (Å²) < 4.78 is 5.42. The maximum Gasteiger partial charge on any atom is 0.340 e. The highest BCUT2D eigenvalue weighted by molar-refractivity contribution is 6.45. The van der Waals surface area contributed by atoms with E-state index < -0.39 is 11.6 Å². The molecule has 2 aliphatic rings. The number of esters is 1. The third kappa shape index (κ3) is 1.37. The van der Waals surface area contributed by atoms with E-state index in [1.165, 1.54) is 6.08 Å². The number of allylic oxidation sites excluding steroid dienone is 2. The summed E-state index contributed by atoms with van der Waals surface area (Å²) >= 11 is 5.93. The van der Waals surface area contributed by atoms with Gasteiger partial charge in [0.1, 0.15) is 0 Å². The van der Waals surface area contributed by atoms with Gasteiger partial charge in [-0.2, -0.15) is 0 Å². The van der Waals surface area contributed by atoms with Gasteiger partial charge in [-0.3, -0.25) is 4.79 Å². The third-order valence-electron chi connectivity index (χ3n) is 3.18.